The molecule has 1 aliphatic carbocycles. The van der Waals surface area contributed by atoms with Crippen molar-refractivity contribution in [1.29, 1.82) is 0 Å². The average molecular weight is 253 g/mol. The van der Waals surface area contributed by atoms with E-state index in [1.807, 2.05) is 19.2 Å². The van der Waals surface area contributed by atoms with Gasteiger partial charge in [-0.25, -0.2) is 0 Å². The maximum Gasteiger partial charge on any atom is 0.0720 e. The molecule has 2 nitrogen and oxygen atoms in total. The second-order valence-electron chi connectivity index (χ2n) is 5.32. The minimum atomic E-state index is 0.409. The van der Waals surface area contributed by atoms with Crippen LogP contribution in [0.25, 0.3) is 0 Å². The SMILES string of the molecule is Cc1ccc(C2CC(OCc3ccccc3)C2)cn1. The third-order valence-corrected chi connectivity index (χ3v) is 3.83. The van der Waals surface area contributed by atoms with E-state index in [1.165, 1.54) is 11.1 Å². The zero-order chi connectivity index (χ0) is 13.1. The number of aromatic nitrogens is 1. The van der Waals surface area contributed by atoms with Crippen molar-refractivity contribution in [1.82, 2.24) is 4.98 Å². The summed E-state index contributed by atoms with van der Waals surface area (Å²) < 4.78 is 5.92. The van der Waals surface area contributed by atoms with Crippen LogP contribution in [0.2, 0.25) is 0 Å². The van der Waals surface area contributed by atoms with Gasteiger partial charge >= 0.3 is 0 Å². The first-order chi connectivity index (χ1) is 9.31. The van der Waals surface area contributed by atoms with E-state index in [2.05, 4.69) is 41.4 Å². The lowest BCUT2D eigenvalue weighted by Crippen LogP contribution is -2.29. The minimum Gasteiger partial charge on any atom is -0.373 e. The smallest absolute Gasteiger partial charge is 0.0720 e. The summed E-state index contributed by atoms with van der Waals surface area (Å²) in [6.07, 6.45) is 4.66. The Morgan fingerprint density at radius 2 is 1.89 bits per heavy atom. The molecular weight excluding hydrogens is 234 g/mol. The van der Waals surface area contributed by atoms with Gasteiger partial charge in [0.05, 0.1) is 12.7 Å². The second-order valence-corrected chi connectivity index (χ2v) is 5.32. The van der Waals surface area contributed by atoms with Gasteiger partial charge in [-0.1, -0.05) is 36.4 Å². The molecule has 1 saturated carbocycles. The van der Waals surface area contributed by atoms with E-state index in [0.717, 1.165) is 25.1 Å². The molecule has 2 heteroatoms. The quantitative estimate of drug-likeness (QED) is 0.825. The van der Waals surface area contributed by atoms with E-state index >= 15 is 0 Å². The Morgan fingerprint density at radius 1 is 1.11 bits per heavy atom. The second kappa shape index (κ2) is 5.54. The van der Waals surface area contributed by atoms with Crippen LogP contribution in [0.5, 0.6) is 0 Å². The van der Waals surface area contributed by atoms with E-state index in [0.29, 0.717) is 12.0 Å². The van der Waals surface area contributed by atoms with Gasteiger partial charge in [-0.05, 0) is 42.9 Å². The van der Waals surface area contributed by atoms with Crippen molar-refractivity contribution in [2.24, 2.45) is 0 Å². The van der Waals surface area contributed by atoms with Crippen LogP contribution >= 0.6 is 0 Å². The number of aryl methyl sites for hydroxylation is 1. The van der Waals surface area contributed by atoms with Crippen LogP contribution in [-0.4, -0.2) is 11.1 Å². The Balaban J connectivity index is 1.47. The predicted octanol–water partition coefficient (Wildman–Crippen LogP) is 3.85. The Hall–Kier alpha value is -1.67. The highest BCUT2D eigenvalue weighted by molar-refractivity contribution is 5.21. The molecule has 0 atom stereocenters. The number of ether oxygens (including phenoxy) is 1. The summed E-state index contributed by atoms with van der Waals surface area (Å²) in [5, 5.41) is 0. The molecule has 0 radical (unpaired) electrons. The van der Waals surface area contributed by atoms with Gasteiger partial charge in [0.15, 0.2) is 0 Å². The summed E-state index contributed by atoms with van der Waals surface area (Å²) in [7, 11) is 0. The summed E-state index contributed by atoms with van der Waals surface area (Å²) in [5.74, 6) is 0.633. The standard InChI is InChI=1S/C17H19NO/c1-13-7-8-15(11-18-13)16-9-17(10-16)19-12-14-5-3-2-4-6-14/h2-8,11,16-17H,9-10,12H2,1H3. The van der Waals surface area contributed by atoms with Gasteiger partial charge in [-0.2, -0.15) is 0 Å². The van der Waals surface area contributed by atoms with E-state index in [4.69, 9.17) is 4.74 Å². The van der Waals surface area contributed by atoms with Gasteiger partial charge in [0.1, 0.15) is 0 Å². The van der Waals surface area contributed by atoms with Crippen LogP contribution < -0.4 is 0 Å². The molecular formula is C17H19NO. The summed E-state index contributed by atoms with van der Waals surface area (Å²) >= 11 is 0. The molecule has 19 heavy (non-hydrogen) atoms. The molecule has 0 amide bonds. The summed E-state index contributed by atoms with van der Waals surface area (Å²) in [5.41, 5.74) is 3.69. The van der Waals surface area contributed by atoms with Gasteiger partial charge in [0.2, 0.25) is 0 Å². The van der Waals surface area contributed by atoms with Crippen molar-refractivity contribution < 1.29 is 4.74 Å². The van der Waals surface area contributed by atoms with Gasteiger partial charge in [-0.3, -0.25) is 4.98 Å². The number of benzene rings is 1. The first-order valence-corrected chi connectivity index (χ1v) is 6.89. The maximum absolute atomic E-state index is 5.92. The fraction of sp³-hybridized carbons (Fsp3) is 0.353. The van der Waals surface area contributed by atoms with E-state index in [1.54, 1.807) is 0 Å². The fourth-order valence-corrected chi connectivity index (χ4v) is 2.48. The number of rotatable bonds is 4. The van der Waals surface area contributed by atoms with E-state index < -0.39 is 0 Å². The van der Waals surface area contributed by atoms with Crippen LogP contribution in [-0.2, 0) is 11.3 Å². The summed E-state index contributed by atoms with van der Waals surface area (Å²) in [6.45, 7) is 2.75. The van der Waals surface area contributed by atoms with Crippen LogP contribution in [0.15, 0.2) is 48.7 Å². The normalized spacial score (nSPS) is 21.9. The lowest BCUT2D eigenvalue weighted by atomic mass is 9.78. The van der Waals surface area contributed by atoms with Crippen molar-refractivity contribution in [2.75, 3.05) is 0 Å². The molecule has 1 aliphatic rings. The first kappa shape index (κ1) is 12.4. The van der Waals surface area contributed by atoms with Crippen molar-refractivity contribution in [2.45, 2.75) is 38.4 Å². The predicted molar refractivity (Wildman–Crippen MR) is 76.0 cm³/mol. The molecule has 0 N–H and O–H groups in total. The van der Waals surface area contributed by atoms with Crippen molar-refractivity contribution in [3.05, 3.63) is 65.5 Å². The molecule has 98 valence electrons. The zero-order valence-electron chi connectivity index (χ0n) is 11.3. The molecule has 1 fully saturated rings. The molecule has 1 aromatic heterocycles. The average Bonchev–Trinajstić information content (AvgIpc) is 2.40. The lowest BCUT2D eigenvalue weighted by Gasteiger charge is -2.35. The fourth-order valence-electron chi connectivity index (χ4n) is 2.48. The summed E-state index contributed by atoms with van der Waals surface area (Å²) in [6, 6.07) is 14.7. The van der Waals surface area contributed by atoms with Crippen LogP contribution in [0.1, 0.15) is 35.6 Å². The molecule has 2 aromatic rings. The number of hydrogen-bond acceptors (Lipinski definition) is 2. The van der Waals surface area contributed by atoms with Gasteiger partial charge < -0.3 is 4.74 Å². The molecule has 1 heterocycles. The minimum absolute atomic E-state index is 0.409. The Bertz CT molecular complexity index is 515. The van der Waals surface area contributed by atoms with Crippen LogP contribution in [0, 0.1) is 6.92 Å². The number of pyridine rings is 1. The molecule has 0 saturated heterocycles. The zero-order valence-corrected chi connectivity index (χ0v) is 11.3. The van der Waals surface area contributed by atoms with Gasteiger partial charge in [0, 0.05) is 11.9 Å². The molecule has 3 rings (SSSR count). The van der Waals surface area contributed by atoms with Crippen molar-refractivity contribution in [3.63, 3.8) is 0 Å². The molecule has 0 aliphatic heterocycles. The van der Waals surface area contributed by atoms with E-state index in [9.17, 15) is 0 Å². The largest absolute Gasteiger partial charge is 0.373 e. The highest BCUT2D eigenvalue weighted by atomic mass is 16.5. The maximum atomic E-state index is 5.92. The number of nitrogens with zero attached hydrogens (tertiary/aromatic N) is 1. The highest BCUT2D eigenvalue weighted by Gasteiger charge is 2.31. The molecule has 0 unspecified atom stereocenters. The van der Waals surface area contributed by atoms with E-state index in [-0.39, 0.29) is 0 Å². The molecule has 0 spiro atoms. The molecule has 0 bridgehead atoms. The van der Waals surface area contributed by atoms with Gasteiger partial charge in [-0.15, -0.1) is 0 Å². The number of hydrogen-bond donors (Lipinski definition) is 0. The lowest BCUT2D eigenvalue weighted by molar-refractivity contribution is -0.0207. The highest BCUT2D eigenvalue weighted by Crippen LogP contribution is 2.38. The Kier molecular flexibility index (Phi) is 3.60. The third kappa shape index (κ3) is 3.02. The van der Waals surface area contributed by atoms with Gasteiger partial charge in [0.25, 0.3) is 0 Å². The molecule has 1 aromatic carbocycles. The third-order valence-electron chi connectivity index (χ3n) is 3.83. The van der Waals surface area contributed by atoms with Crippen molar-refractivity contribution in [3.8, 4) is 0 Å². The monoisotopic (exact) mass is 253 g/mol. The summed E-state index contributed by atoms with van der Waals surface area (Å²) in [4.78, 5) is 4.36. The van der Waals surface area contributed by atoms with Crippen molar-refractivity contribution >= 4 is 0 Å². The Morgan fingerprint density at radius 3 is 2.58 bits per heavy atom. The van der Waals surface area contributed by atoms with Crippen LogP contribution in [0.4, 0.5) is 0 Å². The topological polar surface area (TPSA) is 22.1 Å². The Labute approximate surface area is 114 Å². The van der Waals surface area contributed by atoms with Crippen LogP contribution in [0.3, 0.4) is 0 Å². The first-order valence-electron chi connectivity index (χ1n) is 6.89.